The van der Waals surface area contributed by atoms with Crippen LogP contribution in [0.25, 0.3) is 0 Å². The molecule has 41 heavy (non-hydrogen) atoms. The Balaban J connectivity index is -0.000000688. The predicted molar refractivity (Wildman–Crippen MR) is 175 cm³/mol. The molecule has 0 bridgehead atoms. The number of hydrogen-bond donors (Lipinski definition) is 0. The third-order valence-electron chi connectivity index (χ3n) is 7.29. The monoisotopic (exact) mass is 650 g/mol. The van der Waals surface area contributed by atoms with Crippen LogP contribution in [-0.2, 0) is 9.59 Å². The van der Waals surface area contributed by atoms with Crippen LogP contribution in [-0.4, -0.2) is 57.4 Å². The molecule has 0 spiro atoms. The molecule has 0 N–H and O–H groups in total. The molecule has 0 saturated heterocycles. The number of unbranched alkanes of at least 4 members (excludes halogenated alkanes) is 22. The smallest absolute Gasteiger partial charge is 0.550 e. The second-order valence-corrected chi connectivity index (χ2v) is 11.4. The molecule has 0 aromatic carbocycles. The van der Waals surface area contributed by atoms with Crippen molar-refractivity contribution in [2.24, 2.45) is 0 Å². The number of carboxylic acids is 2. The number of rotatable bonds is 30. The van der Waals surface area contributed by atoms with Crippen LogP contribution in [0.15, 0.2) is 24.3 Å². The van der Waals surface area contributed by atoms with E-state index in [4.69, 9.17) is 0 Å². The van der Waals surface area contributed by atoms with E-state index >= 15 is 0 Å². The van der Waals surface area contributed by atoms with Crippen molar-refractivity contribution in [2.75, 3.05) is 0 Å². The third-order valence-corrected chi connectivity index (χ3v) is 7.29. The van der Waals surface area contributed by atoms with Crippen molar-refractivity contribution in [2.45, 2.75) is 194 Å². The average Bonchev–Trinajstić information content (AvgIpc) is 2.93. The van der Waals surface area contributed by atoms with Crippen LogP contribution in [0, 0.1) is 0 Å². The average molecular weight is 651 g/mol. The van der Waals surface area contributed by atoms with E-state index < -0.39 is 11.9 Å². The van der Waals surface area contributed by atoms with Crippen LogP contribution in [0.1, 0.15) is 194 Å². The Labute approximate surface area is 292 Å². The maximum atomic E-state index is 10.2. The van der Waals surface area contributed by atoms with E-state index in [0.717, 1.165) is 38.5 Å². The van der Waals surface area contributed by atoms with Gasteiger partial charge in [0.2, 0.25) is 0 Å². The summed E-state index contributed by atoms with van der Waals surface area (Å²) >= 11 is 0. The Morgan fingerprint density at radius 1 is 0.390 bits per heavy atom. The van der Waals surface area contributed by atoms with Gasteiger partial charge in [0.15, 0.2) is 0 Å². The molecule has 5 heteroatoms. The van der Waals surface area contributed by atoms with Crippen LogP contribution in [0.2, 0.25) is 0 Å². The zero-order chi connectivity index (χ0) is 29.8. The molecule has 0 radical (unpaired) electrons. The summed E-state index contributed by atoms with van der Waals surface area (Å²) in [6, 6.07) is 0. The van der Waals surface area contributed by atoms with E-state index in [1.807, 2.05) is 0 Å². The molecule has 0 atom stereocenters. The Morgan fingerprint density at radius 3 is 0.854 bits per heavy atom. The molecule has 0 unspecified atom stereocenters. The van der Waals surface area contributed by atoms with Crippen molar-refractivity contribution >= 4 is 57.4 Å². The van der Waals surface area contributed by atoms with Gasteiger partial charge in [-0.3, -0.25) is 0 Å². The predicted octanol–water partition coefficient (Wildman–Crippen LogP) is 9.17. The van der Waals surface area contributed by atoms with Gasteiger partial charge >= 0.3 is 45.5 Å². The molecule has 0 aliphatic heterocycles. The van der Waals surface area contributed by atoms with Gasteiger partial charge < -0.3 is 19.8 Å². The zero-order valence-electron chi connectivity index (χ0n) is 27.4. The Morgan fingerprint density at radius 2 is 0.610 bits per heavy atom. The van der Waals surface area contributed by atoms with Gasteiger partial charge in [0.1, 0.15) is 0 Å². The first kappa shape index (κ1) is 45.3. The number of carbonyl (C=O) groups is 2. The molecule has 0 heterocycles. The number of allylic oxidation sites excluding steroid dienone is 4. The summed E-state index contributed by atoms with van der Waals surface area (Å²) in [5.74, 6) is -1.83. The van der Waals surface area contributed by atoms with Gasteiger partial charge in [-0.2, -0.15) is 0 Å². The Bertz CT molecular complexity index is 524. The molecule has 0 rings (SSSR count). The van der Waals surface area contributed by atoms with Gasteiger partial charge in [0.25, 0.3) is 0 Å². The van der Waals surface area contributed by atoms with Gasteiger partial charge in [-0.15, -0.1) is 0 Å². The third kappa shape index (κ3) is 49.9. The summed E-state index contributed by atoms with van der Waals surface area (Å²) in [5, 5.41) is 20.4. The molecule has 0 aromatic rings. The van der Waals surface area contributed by atoms with Crippen LogP contribution < -0.4 is 10.2 Å². The molecule has 0 saturated carbocycles. The van der Waals surface area contributed by atoms with Gasteiger partial charge in [-0.25, -0.2) is 0 Å². The maximum Gasteiger partial charge on any atom is 2.00 e. The van der Waals surface area contributed by atoms with E-state index in [9.17, 15) is 19.8 Å². The first-order valence-electron chi connectivity index (χ1n) is 17.2. The van der Waals surface area contributed by atoms with Crippen LogP contribution >= 0.6 is 0 Å². The Kier molecular flexibility index (Phi) is 46.5. The number of aliphatic carboxylic acids is 2. The molecule has 0 aliphatic carbocycles. The normalized spacial score (nSPS) is 11.0. The Hall–Kier alpha value is -0.0995. The van der Waals surface area contributed by atoms with Crippen molar-refractivity contribution < 1.29 is 19.8 Å². The summed E-state index contributed by atoms with van der Waals surface area (Å²) < 4.78 is 0. The van der Waals surface area contributed by atoms with Gasteiger partial charge in [-0.1, -0.05) is 141 Å². The van der Waals surface area contributed by atoms with Crippen molar-refractivity contribution in [3.8, 4) is 0 Å². The summed E-state index contributed by atoms with van der Waals surface area (Å²) in [4.78, 5) is 20.4. The van der Waals surface area contributed by atoms with Crippen LogP contribution in [0.5, 0.6) is 0 Å². The fourth-order valence-corrected chi connectivity index (χ4v) is 4.68. The first-order chi connectivity index (χ1) is 19.5. The molecule has 0 aromatic heterocycles. The fraction of sp³-hybridized carbons (Fsp3) is 0.833. The summed E-state index contributed by atoms with van der Waals surface area (Å²) in [6.45, 7) is 4.51. The van der Waals surface area contributed by atoms with E-state index in [-0.39, 0.29) is 58.3 Å². The van der Waals surface area contributed by atoms with E-state index in [2.05, 4.69) is 38.2 Å². The van der Waals surface area contributed by atoms with Gasteiger partial charge in [0, 0.05) is 11.9 Å². The number of hydrogen-bond acceptors (Lipinski definition) is 4. The van der Waals surface area contributed by atoms with Crippen LogP contribution in [0.3, 0.4) is 0 Å². The van der Waals surface area contributed by atoms with Gasteiger partial charge in [-0.05, 0) is 77.0 Å². The SMILES string of the molecule is CCCCCCCC/C=C\CCCCCCCC(=O)[O-].CCCCCCCC/C=C\CCCCCCCC(=O)[O-].[Sr+2]. The summed E-state index contributed by atoms with van der Waals surface area (Å²) in [6.07, 6.45) is 41.8. The zero-order valence-corrected chi connectivity index (χ0v) is 30.9. The fourth-order valence-electron chi connectivity index (χ4n) is 4.68. The molecule has 0 aliphatic rings. The van der Waals surface area contributed by atoms with Crippen molar-refractivity contribution in [1.82, 2.24) is 0 Å². The van der Waals surface area contributed by atoms with Crippen molar-refractivity contribution in [1.29, 1.82) is 0 Å². The standard InChI is InChI=1S/2C18H34O2.Sr/c2*1-2-3-4-5-6-7-8-9-10-11-12-13-14-15-16-17-18(19)20;/h2*9-10H,2-8,11-17H2,1H3,(H,19,20);/q;;+2/p-2/b2*10-9-;. The second-order valence-electron chi connectivity index (χ2n) is 11.4. The maximum absolute atomic E-state index is 10.2. The topological polar surface area (TPSA) is 80.3 Å². The number of carboxylic acid groups (broad SMARTS) is 2. The minimum atomic E-state index is -0.914. The summed E-state index contributed by atoms with van der Waals surface area (Å²) in [7, 11) is 0. The summed E-state index contributed by atoms with van der Waals surface area (Å²) in [5.41, 5.74) is 0. The minimum Gasteiger partial charge on any atom is -0.550 e. The quantitative estimate of drug-likeness (QED) is 0.0441. The number of carbonyl (C=O) groups excluding carboxylic acids is 2. The van der Waals surface area contributed by atoms with Crippen LogP contribution in [0.4, 0.5) is 0 Å². The van der Waals surface area contributed by atoms with E-state index in [1.54, 1.807) is 0 Å². The van der Waals surface area contributed by atoms with Crippen molar-refractivity contribution in [3.63, 3.8) is 0 Å². The molecule has 4 nitrogen and oxygen atoms in total. The largest absolute Gasteiger partial charge is 2.00 e. The minimum absolute atomic E-state index is 0. The molecular formula is C36H66O4Sr. The van der Waals surface area contributed by atoms with Crippen molar-refractivity contribution in [3.05, 3.63) is 24.3 Å². The molecule has 0 amide bonds. The first-order valence-corrected chi connectivity index (χ1v) is 17.2. The molecule has 236 valence electrons. The molecule has 0 fully saturated rings. The van der Waals surface area contributed by atoms with Gasteiger partial charge in [0.05, 0.1) is 0 Å². The van der Waals surface area contributed by atoms with E-state index in [0.29, 0.717) is 0 Å². The second kappa shape index (κ2) is 42.0. The van der Waals surface area contributed by atoms with E-state index in [1.165, 1.54) is 128 Å². The molecular weight excluding hydrogens is 584 g/mol.